The van der Waals surface area contributed by atoms with E-state index in [1.54, 1.807) is 12.1 Å². The highest BCUT2D eigenvalue weighted by molar-refractivity contribution is 6.61. The van der Waals surface area contributed by atoms with Gasteiger partial charge in [0.15, 0.2) is 17.5 Å². The number of nitrogens with zero attached hydrogens (tertiary/aromatic N) is 6. The summed E-state index contributed by atoms with van der Waals surface area (Å²) >= 11 is 17.5. The zero-order valence-corrected chi connectivity index (χ0v) is 31.8. The molecule has 0 amide bonds. The molecule has 10 rings (SSSR count). The molecule has 0 atom stereocenters. The topological polar surface area (TPSA) is 144 Å². The molecular weight excluding hydrogens is 780 g/mol. The molecule has 0 spiro atoms. The van der Waals surface area contributed by atoms with Crippen molar-refractivity contribution < 1.29 is 18.9 Å². The van der Waals surface area contributed by atoms with Crippen LogP contribution in [0.4, 0.5) is 0 Å². The third-order valence-electron chi connectivity index (χ3n) is 8.61. The van der Waals surface area contributed by atoms with Gasteiger partial charge in [-0.25, -0.2) is 4.98 Å². The van der Waals surface area contributed by atoms with E-state index in [0.717, 1.165) is 55.0 Å². The molecule has 0 fully saturated rings. The number of hydrogen-bond donors (Lipinski definition) is 2. The smallest absolute Gasteiger partial charge is 0.456 e. The SMILES string of the molecule is Clc1nc(-c2ccccc2)nc(-c2cccc3c2oc2ccccc23)n1.Clc1nc(Cl)nc(-c2ccccc2)n1.OB(O)c1cccc2c1oc1ccccc12.[B]. The zero-order chi connectivity index (χ0) is 38.6. The first-order chi connectivity index (χ1) is 27.3. The number of furan rings is 2. The fourth-order valence-corrected chi connectivity index (χ4v) is 6.65. The van der Waals surface area contributed by atoms with Gasteiger partial charge in [-0.2, -0.15) is 24.9 Å². The first-order valence-electron chi connectivity index (χ1n) is 17.1. The van der Waals surface area contributed by atoms with Crippen LogP contribution in [0.3, 0.4) is 0 Å². The van der Waals surface area contributed by atoms with Crippen LogP contribution in [0.1, 0.15) is 0 Å². The minimum atomic E-state index is -1.51. The Labute approximate surface area is 342 Å². The molecule has 0 aliphatic carbocycles. The minimum absolute atomic E-state index is 0. The molecule has 0 unspecified atom stereocenters. The van der Waals surface area contributed by atoms with E-state index in [4.69, 9.17) is 43.6 Å². The van der Waals surface area contributed by atoms with Crippen LogP contribution in [0.25, 0.3) is 78.0 Å². The number of halogens is 3. The molecule has 4 aromatic heterocycles. The van der Waals surface area contributed by atoms with Gasteiger partial charge in [-0.1, -0.05) is 127 Å². The lowest BCUT2D eigenvalue weighted by molar-refractivity contribution is 0.425. The highest BCUT2D eigenvalue weighted by Gasteiger charge is 2.19. The number of aromatic nitrogens is 6. The minimum Gasteiger partial charge on any atom is -0.456 e. The molecule has 10 aromatic rings. The summed E-state index contributed by atoms with van der Waals surface area (Å²) in [6, 6.07) is 46.0. The Bertz CT molecular complexity index is 2950. The van der Waals surface area contributed by atoms with Crippen molar-refractivity contribution in [2.24, 2.45) is 0 Å². The number of benzene rings is 6. The van der Waals surface area contributed by atoms with E-state index in [9.17, 15) is 10.0 Å². The highest BCUT2D eigenvalue weighted by atomic mass is 35.5. The molecule has 6 aromatic carbocycles. The molecule has 0 saturated carbocycles. The van der Waals surface area contributed by atoms with Crippen molar-refractivity contribution in [3.63, 3.8) is 0 Å². The maximum Gasteiger partial charge on any atom is 0.492 e. The van der Waals surface area contributed by atoms with Crippen molar-refractivity contribution in [1.82, 2.24) is 29.9 Å². The van der Waals surface area contributed by atoms with Gasteiger partial charge in [0.1, 0.15) is 22.3 Å². The van der Waals surface area contributed by atoms with Crippen molar-refractivity contribution in [3.8, 4) is 34.2 Å². The molecule has 0 aliphatic rings. The van der Waals surface area contributed by atoms with Crippen molar-refractivity contribution in [2.75, 3.05) is 0 Å². The summed E-state index contributed by atoms with van der Waals surface area (Å²) in [6.07, 6.45) is 0. The maximum absolute atomic E-state index is 9.24. The molecule has 275 valence electrons. The van der Waals surface area contributed by atoms with Gasteiger partial charge in [-0.3, -0.25) is 0 Å². The zero-order valence-electron chi connectivity index (χ0n) is 29.5. The summed E-state index contributed by atoms with van der Waals surface area (Å²) in [6.45, 7) is 0. The summed E-state index contributed by atoms with van der Waals surface area (Å²) < 4.78 is 11.7. The van der Waals surface area contributed by atoms with Gasteiger partial charge in [-0.05, 0) is 53.0 Å². The molecule has 3 radical (unpaired) electrons. The molecule has 0 saturated heterocycles. The second kappa shape index (κ2) is 17.3. The van der Waals surface area contributed by atoms with E-state index < -0.39 is 7.12 Å². The largest absolute Gasteiger partial charge is 0.492 e. The predicted octanol–water partition coefficient (Wildman–Crippen LogP) is 9.49. The highest BCUT2D eigenvalue weighted by Crippen LogP contribution is 2.35. The third-order valence-corrected chi connectivity index (χ3v) is 9.12. The first kappa shape index (κ1) is 39.1. The number of fused-ring (bicyclic) bond motifs is 6. The van der Waals surface area contributed by atoms with Crippen molar-refractivity contribution in [2.45, 2.75) is 0 Å². The average Bonchev–Trinajstić information content (AvgIpc) is 3.80. The monoisotopic (exact) mass is 805 g/mol. The van der Waals surface area contributed by atoms with Crippen LogP contribution in [0, 0.1) is 0 Å². The lowest BCUT2D eigenvalue weighted by atomic mass is 9.79. The number of hydrogen-bond acceptors (Lipinski definition) is 10. The van der Waals surface area contributed by atoms with Crippen LogP contribution < -0.4 is 5.46 Å². The van der Waals surface area contributed by atoms with Crippen LogP contribution in [-0.2, 0) is 0 Å². The second-order valence-corrected chi connectivity index (χ2v) is 13.2. The van der Waals surface area contributed by atoms with Gasteiger partial charge in [0.25, 0.3) is 0 Å². The van der Waals surface area contributed by atoms with Crippen LogP contribution >= 0.6 is 34.8 Å². The van der Waals surface area contributed by atoms with Gasteiger partial charge < -0.3 is 18.9 Å². The van der Waals surface area contributed by atoms with Crippen molar-refractivity contribution in [1.29, 1.82) is 0 Å². The molecule has 57 heavy (non-hydrogen) atoms. The van der Waals surface area contributed by atoms with Crippen LogP contribution in [-0.4, -0.2) is 55.5 Å². The third kappa shape index (κ3) is 8.51. The fraction of sp³-hybridized carbons (Fsp3) is 0. The lowest BCUT2D eigenvalue weighted by Gasteiger charge is -2.05. The quantitative estimate of drug-likeness (QED) is 0.165. The van der Waals surface area contributed by atoms with Gasteiger partial charge in [0.05, 0.1) is 5.56 Å². The molecule has 4 heterocycles. The number of rotatable bonds is 4. The lowest BCUT2D eigenvalue weighted by Crippen LogP contribution is -2.29. The van der Waals surface area contributed by atoms with Gasteiger partial charge in [0.2, 0.25) is 15.9 Å². The van der Waals surface area contributed by atoms with Crippen LogP contribution in [0.2, 0.25) is 15.9 Å². The standard InChI is InChI=1S/C21H12ClN3O.C12H9BO3.C9H5Cl2N3.B/c22-21-24-19(13-7-2-1-3-8-13)23-20(25-21)16-11-6-10-15-14-9-4-5-12-17(14)26-18(15)16;14-13(15)10-6-3-5-9-8-4-1-2-7-11(8)16-12(9)10;10-8-12-7(13-9(11)14-8)6-4-2-1-3-5-6;/h1-12H;1-7,14-15H;1-5H;. The van der Waals surface area contributed by atoms with Crippen LogP contribution in [0.5, 0.6) is 0 Å². The van der Waals surface area contributed by atoms with Gasteiger partial charge in [0, 0.05) is 46.5 Å². The summed E-state index contributed by atoms with van der Waals surface area (Å²) in [5.41, 5.74) is 5.81. The molecule has 10 nitrogen and oxygen atoms in total. The summed E-state index contributed by atoms with van der Waals surface area (Å²) in [5, 5.41) is 22.8. The van der Waals surface area contributed by atoms with E-state index in [1.165, 1.54) is 0 Å². The Balaban J connectivity index is 0.000000138. The normalized spacial score (nSPS) is 10.8. The summed E-state index contributed by atoms with van der Waals surface area (Å²) in [7, 11) is -1.51. The first-order valence-corrected chi connectivity index (χ1v) is 18.2. The molecular formula is C42H26B2Cl3N6O4. The van der Waals surface area contributed by atoms with Crippen LogP contribution in [0.15, 0.2) is 154 Å². The van der Waals surface area contributed by atoms with E-state index in [1.807, 2.05) is 133 Å². The Hall–Kier alpha value is -6.14. The second-order valence-electron chi connectivity index (χ2n) is 12.2. The van der Waals surface area contributed by atoms with E-state index in [0.29, 0.717) is 28.5 Å². The van der Waals surface area contributed by atoms with Crippen molar-refractivity contribution in [3.05, 3.63) is 161 Å². The fourth-order valence-electron chi connectivity index (χ4n) is 6.12. The van der Waals surface area contributed by atoms with E-state index >= 15 is 0 Å². The Morgan fingerprint density at radius 3 is 1.39 bits per heavy atom. The van der Waals surface area contributed by atoms with Crippen molar-refractivity contribution >= 4 is 99.7 Å². The maximum atomic E-state index is 9.24. The van der Waals surface area contributed by atoms with Gasteiger partial charge in [-0.15, -0.1) is 0 Å². The molecule has 15 heteroatoms. The predicted molar refractivity (Wildman–Crippen MR) is 228 cm³/mol. The average molecular weight is 807 g/mol. The summed E-state index contributed by atoms with van der Waals surface area (Å²) in [4.78, 5) is 24.8. The number of para-hydroxylation sites is 4. The summed E-state index contributed by atoms with van der Waals surface area (Å²) in [5.74, 6) is 1.51. The van der Waals surface area contributed by atoms with E-state index in [2.05, 4.69) is 29.9 Å². The Morgan fingerprint density at radius 2 is 0.825 bits per heavy atom. The Kier molecular flexibility index (Phi) is 11.9. The van der Waals surface area contributed by atoms with Gasteiger partial charge >= 0.3 is 7.12 Å². The Morgan fingerprint density at radius 1 is 0.404 bits per heavy atom. The van der Waals surface area contributed by atoms with E-state index in [-0.39, 0.29) is 24.3 Å². The molecule has 0 aliphatic heterocycles. The molecule has 2 N–H and O–H groups in total. The molecule has 0 bridgehead atoms.